The van der Waals surface area contributed by atoms with Gasteiger partial charge >= 0.3 is 0 Å². The minimum atomic E-state index is -0.0226. The van der Waals surface area contributed by atoms with Crippen molar-refractivity contribution in [3.05, 3.63) is 29.3 Å². The summed E-state index contributed by atoms with van der Waals surface area (Å²) in [6.07, 6.45) is 1.65. The van der Waals surface area contributed by atoms with Gasteiger partial charge in [0.05, 0.1) is 6.42 Å². The predicted molar refractivity (Wildman–Crippen MR) is 90.9 cm³/mol. The predicted octanol–water partition coefficient (Wildman–Crippen LogP) is 1.29. The molecule has 2 heterocycles. The third-order valence-corrected chi connectivity index (χ3v) is 4.84. The molecule has 0 spiro atoms. The first-order valence-electron chi connectivity index (χ1n) is 8.47. The van der Waals surface area contributed by atoms with Gasteiger partial charge in [-0.1, -0.05) is 6.92 Å². The number of likely N-dealkylation sites (N-methyl/N-ethyl adjacent to an activating group) is 1. The molecule has 0 atom stereocenters. The van der Waals surface area contributed by atoms with Gasteiger partial charge in [0, 0.05) is 50.9 Å². The summed E-state index contributed by atoms with van der Waals surface area (Å²) >= 11 is 0. The maximum Gasteiger partial charge on any atom is 0.253 e. The van der Waals surface area contributed by atoms with E-state index in [1.54, 1.807) is 18.0 Å². The molecular formula is C18H23N3O3. The summed E-state index contributed by atoms with van der Waals surface area (Å²) in [6, 6.07) is 5.47. The molecule has 0 bridgehead atoms. The molecule has 1 aromatic rings. The lowest BCUT2D eigenvalue weighted by Gasteiger charge is -2.22. The molecule has 0 saturated carbocycles. The minimum Gasteiger partial charge on any atom is -0.341 e. The molecular weight excluding hydrogens is 306 g/mol. The number of anilines is 1. The Morgan fingerprint density at radius 2 is 1.79 bits per heavy atom. The highest BCUT2D eigenvalue weighted by atomic mass is 16.2. The summed E-state index contributed by atoms with van der Waals surface area (Å²) in [6.45, 7) is 4.37. The molecule has 0 aliphatic carbocycles. The average molecular weight is 329 g/mol. The van der Waals surface area contributed by atoms with Gasteiger partial charge in [-0.05, 0) is 30.2 Å². The fraction of sp³-hybridized carbons (Fsp3) is 0.500. The largest absolute Gasteiger partial charge is 0.341 e. The fourth-order valence-corrected chi connectivity index (χ4v) is 3.38. The zero-order valence-corrected chi connectivity index (χ0v) is 14.2. The van der Waals surface area contributed by atoms with Gasteiger partial charge in [0.25, 0.3) is 5.91 Å². The van der Waals surface area contributed by atoms with Crippen molar-refractivity contribution < 1.29 is 14.4 Å². The van der Waals surface area contributed by atoms with Gasteiger partial charge in [-0.2, -0.15) is 0 Å². The highest BCUT2D eigenvalue weighted by molar-refractivity contribution is 6.03. The van der Waals surface area contributed by atoms with Crippen LogP contribution in [0.4, 0.5) is 5.69 Å². The van der Waals surface area contributed by atoms with E-state index in [1.807, 2.05) is 28.9 Å². The summed E-state index contributed by atoms with van der Waals surface area (Å²) in [5, 5.41) is 0. The van der Waals surface area contributed by atoms with Crippen LogP contribution in [0.15, 0.2) is 18.2 Å². The van der Waals surface area contributed by atoms with Gasteiger partial charge in [0.2, 0.25) is 11.8 Å². The van der Waals surface area contributed by atoms with E-state index in [1.165, 1.54) is 0 Å². The van der Waals surface area contributed by atoms with Crippen molar-refractivity contribution in [1.29, 1.82) is 0 Å². The first-order chi connectivity index (χ1) is 11.5. The molecule has 0 aromatic heterocycles. The second kappa shape index (κ2) is 6.63. The van der Waals surface area contributed by atoms with E-state index < -0.39 is 0 Å². The normalized spacial score (nSPS) is 17.8. The van der Waals surface area contributed by atoms with Crippen LogP contribution < -0.4 is 4.90 Å². The second-order valence-electron chi connectivity index (χ2n) is 6.35. The van der Waals surface area contributed by atoms with E-state index in [0.717, 1.165) is 17.7 Å². The smallest absolute Gasteiger partial charge is 0.253 e. The number of hydrogen-bond donors (Lipinski definition) is 0. The van der Waals surface area contributed by atoms with E-state index in [0.29, 0.717) is 44.6 Å². The monoisotopic (exact) mass is 329 g/mol. The Morgan fingerprint density at radius 1 is 1.08 bits per heavy atom. The molecule has 0 radical (unpaired) electrons. The Hall–Kier alpha value is -2.37. The molecule has 2 aliphatic rings. The number of amides is 3. The highest BCUT2D eigenvalue weighted by Crippen LogP contribution is 2.28. The van der Waals surface area contributed by atoms with Gasteiger partial charge in [0.15, 0.2) is 0 Å². The van der Waals surface area contributed by atoms with Crippen LogP contribution in [-0.4, -0.2) is 60.7 Å². The fourth-order valence-electron chi connectivity index (χ4n) is 3.38. The molecule has 3 amide bonds. The molecule has 128 valence electrons. The second-order valence-corrected chi connectivity index (χ2v) is 6.35. The Labute approximate surface area is 142 Å². The van der Waals surface area contributed by atoms with E-state index in [-0.39, 0.29) is 17.7 Å². The SMILES string of the molecule is CCC(=O)N1CCCN(C(=O)c2ccc3c(c2)CC(=O)N3C)CC1. The van der Waals surface area contributed by atoms with Crippen LogP contribution in [0.25, 0.3) is 0 Å². The Morgan fingerprint density at radius 3 is 2.54 bits per heavy atom. The van der Waals surface area contributed by atoms with Gasteiger partial charge in [-0.15, -0.1) is 0 Å². The van der Waals surface area contributed by atoms with Crippen LogP contribution in [0.3, 0.4) is 0 Å². The molecule has 24 heavy (non-hydrogen) atoms. The lowest BCUT2D eigenvalue weighted by molar-refractivity contribution is -0.130. The number of benzene rings is 1. The Bertz CT molecular complexity index is 686. The van der Waals surface area contributed by atoms with Gasteiger partial charge in [-0.25, -0.2) is 0 Å². The summed E-state index contributed by atoms with van der Waals surface area (Å²) in [4.78, 5) is 41.7. The number of carbonyl (C=O) groups is 3. The minimum absolute atomic E-state index is 0.0226. The molecule has 3 rings (SSSR count). The van der Waals surface area contributed by atoms with Crippen molar-refractivity contribution in [2.45, 2.75) is 26.2 Å². The third kappa shape index (κ3) is 3.00. The van der Waals surface area contributed by atoms with E-state index in [4.69, 9.17) is 0 Å². The number of carbonyl (C=O) groups excluding carboxylic acids is 3. The highest BCUT2D eigenvalue weighted by Gasteiger charge is 2.27. The van der Waals surface area contributed by atoms with Crippen LogP contribution in [0.5, 0.6) is 0 Å². The van der Waals surface area contributed by atoms with Crippen molar-refractivity contribution in [2.75, 3.05) is 38.1 Å². The molecule has 1 aromatic carbocycles. The molecule has 6 nitrogen and oxygen atoms in total. The first kappa shape index (κ1) is 16.5. The quantitative estimate of drug-likeness (QED) is 0.821. The lowest BCUT2D eigenvalue weighted by atomic mass is 10.1. The number of fused-ring (bicyclic) bond motifs is 1. The van der Waals surface area contributed by atoms with Crippen LogP contribution in [0.2, 0.25) is 0 Å². The zero-order valence-electron chi connectivity index (χ0n) is 14.2. The van der Waals surface area contributed by atoms with Gasteiger partial charge < -0.3 is 14.7 Å². The average Bonchev–Trinajstić information content (AvgIpc) is 2.78. The molecule has 2 aliphatic heterocycles. The maximum absolute atomic E-state index is 12.8. The number of nitrogens with zero attached hydrogens (tertiary/aromatic N) is 3. The maximum atomic E-state index is 12.8. The molecule has 6 heteroatoms. The van der Waals surface area contributed by atoms with Crippen molar-refractivity contribution >= 4 is 23.4 Å². The topological polar surface area (TPSA) is 60.9 Å². The summed E-state index contributed by atoms with van der Waals surface area (Å²) in [5.41, 5.74) is 2.41. The summed E-state index contributed by atoms with van der Waals surface area (Å²) < 4.78 is 0. The summed E-state index contributed by atoms with van der Waals surface area (Å²) in [5.74, 6) is 0.173. The van der Waals surface area contributed by atoms with Gasteiger partial charge in [0.1, 0.15) is 0 Å². The standard InChI is InChI=1S/C18H23N3O3/c1-3-16(22)20-7-4-8-21(10-9-20)18(24)13-5-6-15-14(11-13)12-17(23)19(15)2/h5-6,11H,3-4,7-10,12H2,1-2H3. The van der Waals surface area contributed by atoms with Crippen LogP contribution in [-0.2, 0) is 16.0 Å². The van der Waals surface area contributed by atoms with Crippen molar-refractivity contribution in [3.63, 3.8) is 0 Å². The Kier molecular flexibility index (Phi) is 4.55. The number of hydrogen-bond acceptors (Lipinski definition) is 3. The van der Waals surface area contributed by atoms with Crippen LogP contribution in [0.1, 0.15) is 35.7 Å². The number of rotatable bonds is 2. The van der Waals surface area contributed by atoms with Crippen LogP contribution >= 0.6 is 0 Å². The van der Waals surface area contributed by atoms with Crippen molar-refractivity contribution in [3.8, 4) is 0 Å². The van der Waals surface area contributed by atoms with E-state index >= 15 is 0 Å². The van der Waals surface area contributed by atoms with Crippen molar-refractivity contribution in [2.24, 2.45) is 0 Å². The lowest BCUT2D eigenvalue weighted by Crippen LogP contribution is -2.37. The molecule has 1 saturated heterocycles. The van der Waals surface area contributed by atoms with Crippen LogP contribution in [0, 0.1) is 0 Å². The molecule has 0 unspecified atom stereocenters. The van der Waals surface area contributed by atoms with E-state index in [2.05, 4.69) is 0 Å². The first-order valence-corrected chi connectivity index (χ1v) is 8.47. The molecule has 0 N–H and O–H groups in total. The zero-order chi connectivity index (χ0) is 17.3. The molecule has 1 fully saturated rings. The van der Waals surface area contributed by atoms with E-state index in [9.17, 15) is 14.4 Å². The van der Waals surface area contributed by atoms with Crippen molar-refractivity contribution in [1.82, 2.24) is 9.80 Å². The Balaban J connectivity index is 1.72. The van der Waals surface area contributed by atoms with Gasteiger partial charge in [-0.3, -0.25) is 14.4 Å². The summed E-state index contributed by atoms with van der Waals surface area (Å²) in [7, 11) is 1.75. The third-order valence-electron chi connectivity index (χ3n) is 4.84.